The lowest BCUT2D eigenvalue weighted by Crippen LogP contribution is -2.38. The molecule has 0 aromatic heterocycles. The smallest absolute Gasteiger partial charge is 0.304 e. The molecule has 0 spiro atoms. The van der Waals surface area contributed by atoms with Gasteiger partial charge in [0.25, 0.3) is 0 Å². The maximum Gasteiger partial charge on any atom is 0.304 e. The summed E-state index contributed by atoms with van der Waals surface area (Å²) >= 11 is 5.55. The highest BCUT2D eigenvalue weighted by Crippen LogP contribution is 2.35. The molecule has 5 nitrogen and oxygen atoms in total. The molecule has 1 saturated carbocycles. The van der Waals surface area contributed by atoms with Crippen LogP contribution in [0.25, 0.3) is 0 Å². The summed E-state index contributed by atoms with van der Waals surface area (Å²) in [5.74, 6) is -2.15. The lowest BCUT2D eigenvalue weighted by molar-refractivity contribution is -0.137. The number of rotatable bonds is 6. The molecule has 1 atom stereocenters. The van der Waals surface area contributed by atoms with E-state index in [4.69, 9.17) is 16.7 Å². The molecule has 1 aromatic carbocycles. The summed E-state index contributed by atoms with van der Waals surface area (Å²) in [6.07, 6.45) is 1.20. The Morgan fingerprint density at radius 2 is 2.15 bits per heavy atom. The van der Waals surface area contributed by atoms with Gasteiger partial charge in [-0.05, 0) is 30.9 Å². The molecular formula is C12H13ClFNO4S. The Morgan fingerprint density at radius 3 is 2.70 bits per heavy atom. The van der Waals surface area contributed by atoms with Crippen LogP contribution in [-0.4, -0.2) is 25.5 Å². The molecule has 0 saturated heterocycles. The fourth-order valence-corrected chi connectivity index (χ4v) is 3.58. The van der Waals surface area contributed by atoms with Crippen LogP contribution in [0.15, 0.2) is 23.1 Å². The summed E-state index contributed by atoms with van der Waals surface area (Å²) in [5.41, 5.74) is 0. The van der Waals surface area contributed by atoms with E-state index in [9.17, 15) is 17.6 Å². The number of benzene rings is 1. The van der Waals surface area contributed by atoms with Crippen molar-refractivity contribution in [3.05, 3.63) is 29.0 Å². The molecule has 2 N–H and O–H groups in total. The lowest BCUT2D eigenvalue weighted by Gasteiger charge is -2.16. The Balaban J connectivity index is 2.25. The van der Waals surface area contributed by atoms with Gasteiger partial charge in [0, 0.05) is 6.04 Å². The maximum absolute atomic E-state index is 13.8. The van der Waals surface area contributed by atoms with Gasteiger partial charge >= 0.3 is 5.97 Å². The molecule has 20 heavy (non-hydrogen) atoms. The van der Waals surface area contributed by atoms with Crippen LogP contribution in [-0.2, 0) is 14.8 Å². The third-order valence-electron chi connectivity index (χ3n) is 3.10. The minimum Gasteiger partial charge on any atom is -0.481 e. The number of hydrogen-bond donors (Lipinski definition) is 2. The molecule has 8 heteroatoms. The molecule has 1 aliphatic carbocycles. The number of nitrogens with one attached hydrogen (secondary N) is 1. The first kappa shape index (κ1) is 15.2. The average molecular weight is 322 g/mol. The van der Waals surface area contributed by atoms with Crippen LogP contribution in [0.2, 0.25) is 5.02 Å². The normalized spacial score (nSPS) is 16.9. The second kappa shape index (κ2) is 5.67. The third kappa shape index (κ3) is 3.47. The van der Waals surface area contributed by atoms with Crippen molar-refractivity contribution < 1.29 is 22.7 Å². The predicted molar refractivity (Wildman–Crippen MR) is 70.5 cm³/mol. The van der Waals surface area contributed by atoms with E-state index in [-0.39, 0.29) is 17.4 Å². The van der Waals surface area contributed by atoms with Crippen LogP contribution in [0, 0.1) is 11.7 Å². The maximum atomic E-state index is 13.8. The second-order valence-electron chi connectivity index (χ2n) is 4.72. The van der Waals surface area contributed by atoms with Crippen molar-refractivity contribution in [1.82, 2.24) is 4.72 Å². The Hall–Kier alpha value is -1.18. The van der Waals surface area contributed by atoms with Crippen LogP contribution >= 0.6 is 11.6 Å². The number of halogens is 2. The number of carbonyl (C=O) groups is 1. The second-order valence-corrected chi connectivity index (χ2v) is 6.80. The summed E-state index contributed by atoms with van der Waals surface area (Å²) in [5, 5.41) is 8.50. The summed E-state index contributed by atoms with van der Waals surface area (Å²) in [6, 6.07) is 2.93. The largest absolute Gasteiger partial charge is 0.481 e. The van der Waals surface area contributed by atoms with Crippen molar-refractivity contribution >= 4 is 27.6 Å². The van der Waals surface area contributed by atoms with Gasteiger partial charge in [0.15, 0.2) is 5.82 Å². The van der Waals surface area contributed by atoms with Gasteiger partial charge in [-0.1, -0.05) is 17.7 Å². The monoisotopic (exact) mass is 321 g/mol. The van der Waals surface area contributed by atoms with Crippen molar-refractivity contribution in [3.8, 4) is 0 Å². The van der Waals surface area contributed by atoms with E-state index < -0.39 is 32.7 Å². The average Bonchev–Trinajstić information content (AvgIpc) is 3.14. The molecular weight excluding hydrogens is 309 g/mol. The van der Waals surface area contributed by atoms with Crippen molar-refractivity contribution in [2.75, 3.05) is 0 Å². The Morgan fingerprint density at radius 1 is 1.50 bits per heavy atom. The van der Waals surface area contributed by atoms with Crippen LogP contribution in [0.4, 0.5) is 4.39 Å². The Bertz CT molecular complexity index is 630. The van der Waals surface area contributed by atoms with Crippen molar-refractivity contribution in [2.45, 2.75) is 30.2 Å². The van der Waals surface area contributed by atoms with E-state index in [1.165, 1.54) is 12.1 Å². The van der Waals surface area contributed by atoms with Crippen LogP contribution in [0.1, 0.15) is 19.3 Å². The zero-order valence-corrected chi connectivity index (χ0v) is 11.9. The molecule has 1 fully saturated rings. The van der Waals surface area contributed by atoms with E-state index in [1.807, 2.05) is 0 Å². The summed E-state index contributed by atoms with van der Waals surface area (Å²) in [6.45, 7) is 0. The number of carboxylic acid groups (broad SMARTS) is 1. The number of carboxylic acids is 1. The zero-order chi connectivity index (χ0) is 14.9. The number of aliphatic carboxylic acids is 1. The van der Waals surface area contributed by atoms with Gasteiger partial charge in [0.2, 0.25) is 10.0 Å². The number of sulfonamides is 1. The van der Waals surface area contributed by atoms with Crippen molar-refractivity contribution in [3.63, 3.8) is 0 Å². The molecule has 0 radical (unpaired) electrons. The molecule has 1 aromatic rings. The van der Waals surface area contributed by atoms with E-state index >= 15 is 0 Å². The van der Waals surface area contributed by atoms with Gasteiger partial charge in [-0.2, -0.15) is 0 Å². The summed E-state index contributed by atoms with van der Waals surface area (Å²) < 4.78 is 40.3. The highest BCUT2D eigenvalue weighted by atomic mass is 35.5. The Labute approximate surface area is 120 Å². The first-order chi connectivity index (χ1) is 9.31. The molecule has 1 unspecified atom stereocenters. The molecule has 110 valence electrons. The topological polar surface area (TPSA) is 83.5 Å². The van der Waals surface area contributed by atoms with E-state index in [2.05, 4.69) is 4.72 Å². The standard InChI is InChI=1S/C12H13ClFNO4S/c13-8-2-1-3-10(12(8)14)20(18,19)15-9(6-11(16)17)7-4-5-7/h1-3,7,9,15H,4-6H2,(H,16,17). The molecule has 0 amide bonds. The van der Waals surface area contributed by atoms with Gasteiger partial charge in [-0.15, -0.1) is 0 Å². The van der Waals surface area contributed by atoms with E-state index in [1.54, 1.807) is 0 Å². The van der Waals surface area contributed by atoms with Crippen molar-refractivity contribution in [2.24, 2.45) is 5.92 Å². The Kier molecular flexibility index (Phi) is 4.31. The highest BCUT2D eigenvalue weighted by Gasteiger charge is 2.36. The fraction of sp³-hybridized carbons (Fsp3) is 0.417. The quantitative estimate of drug-likeness (QED) is 0.839. The first-order valence-electron chi connectivity index (χ1n) is 5.99. The van der Waals surface area contributed by atoms with Gasteiger partial charge in [0.05, 0.1) is 11.4 Å². The highest BCUT2D eigenvalue weighted by molar-refractivity contribution is 7.89. The van der Waals surface area contributed by atoms with Crippen LogP contribution < -0.4 is 4.72 Å². The molecule has 0 bridgehead atoms. The predicted octanol–water partition coefficient (Wildman–Crippen LogP) is 2.01. The zero-order valence-electron chi connectivity index (χ0n) is 10.3. The van der Waals surface area contributed by atoms with Gasteiger partial charge in [-0.3, -0.25) is 4.79 Å². The van der Waals surface area contributed by atoms with Crippen LogP contribution in [0.3, 0.4) is 0 Å². The van der Waals surface area contributed by atoms with Crippen LogP contribution in [0.5, 0.6) is 0 Å². The molecule has 1 aliphatic rings. The number of hydrogen-bond acceptors (Lipinski definition) is 3. The van der Waals surface area contributed by atoms with Gasteiger partial charge in [0.1, 0.15) is 4.90 Å². The van der Waals surface area contributed by atoms with Crippen molar-refractivity contribution in [1.29, 1.82) is 0 Å². The third-order valence-corrected chi connectivity index (χ3v) is 4.90. The lowest BCUT2D eigenvalue weighted by atomic mass is 10.1. The first-order valence-corrected chi connectivity index (χ1v) is 7.85. The summed E-state index contributed by atoms with van der Waals surface area (Å²) in [7, 11) is -4.14. The minimum absolute atomic E-state index is 0.0110. The minimum atomic E-state index is -4.14. The fourth-order valence-electron chi connectivity index (χ4n) is 1.95. The van der Waals surface area contributed by atoms with E-state index in [0.717, 1.165) is 18.9 Å². The molecule has 0 aliphatic heterocycles. The van der Waals surface area contributed by atoms with E-state index in [0.29, 0.717) is 0 Å². The molecule has 0 heterocycles. The van der Waals surface area contributed by atoms with Gasteiger partial charge in [-0.25, -0.2) is 17.5 Å². The summed E-state index contributed by atoms with van der Waals surface area (Å²) in [4.78, 5) is 10.2. The SMILES string of the molecule is O=C(O)CC(NS(=O)(=O)c1cccc(Cl)c1F)C1CC1. The molecule has 2 rings (SSSR count). The van der Waals surface area contributed by atoms with Gasteiger partial charge < -0.3 is 5.11 Å².